The Morgan fingerprint density at radius 2 is 2.00 bits per heavy atom. The smallest absolute Gasteiger partial charge is 0.291 e. The molecular formula is C15H18N2O2. The second-order valence-corrected chi connectivity index (χ2v) is 4.76. The lowest BCUT2D eigenvalue weighted by Crippen LogP contribution is -2.36. The molecule has 0 spiro atoms. The van der Waals surface area contributed by atoms with Crippen LogP contribution in [-0.4, -0.2) is 21.8 Å². The summed E-state index contributed by atoms with van der Waals surface area (Å²) in [5.41, 5.74) is 1.10. The van der Waals surface area contributed by atoms with Gasteiger partial charge in [0.1, 0.15) is 0 Å². The van der Waals surface area contributed by atoms with Gasteiger partial charge in [0.25, 0.3) is 5.91 Å². The summed E-state index contributed by atoms with van der Waals surface area (Å²) < 4.78 is 5.31. The first kappa shape index (κ1) is 13.3. The molecule has 0 aliphatic heterocycles. The summed E-state index contributed by atoms with van der Waals surface area (Å²) >= 11 is 0. The molecule has 0 atom stereocenters. The molecule has 4 heteroatoms. The maximum Gasteiger partial charge on any atom is 0.291 e. The summed E-state index contributed by atoms with van der Waals surface area (Å²) in [7, 11) is 0. The van der Waals surface area contributed by atoms with Gasteiger partial charge in [0.2, 0.25) is 5.76 Å². The number of hydrogen-bond donors (Lipinski definition) is 0. The number of rotatable bonds is 4. The Morgan fingerprint density at radius 1 is 1.32 bits per heavy atom. The van der Waals surface area contributed by atoms with Crippen LogP contribution >= 0.6 is 0 Å². The van der Waals surface area contributed by atoms with Crippen molar-refractivity contribution in [2.45, 2.75) is 33.4 Å². The van der Waals surface area contributed by atoms with E-state index in [1.54, 1.807) is 11.8 Å². The van der Waals surface area contributed by atoms with Gasteiger partial charge in [-0.05, 0) is 19.4 Å². The van der Waals surface area contributed by atoms with E-state index < -0.39 is 0 Å². The first-order chi connectivity index (χ1) is 9.08. The molecule has 0 saturated heterocycles. The van der Waals surface area contributed by atoms with Crippen LogP contribution in [0.1, 0.15) is 35.9 Å². The summed E-state index contributed by atoms with van der Waals surface area (Å²) in [5, 5.41) is 0. The van der Waals surface area contributed by atoms with Gasteiger partial charge in [-0.15, -0.1) is 0 Å². The largest absolute Gasteiger partial charge is 0.436 e. The lowest BCUT2D eigenvalue weighted by molar-refractivity contribution is 0.0656. The second kappa shape index (κ2) is 5.69. The number of carbonyl (C=O) groups excluding carboxylic acids is 1. The van der Waals surface area contributed by atoms with Crippen LogP contribution in [0.5, 0.6) is 0 Å². The molecule has 0 fully saturated rings. The fraction of sp³-hybridized carbons (Fsp3) is 0.333. The van der Waals surface area contributed by atoms with Gasteiger partial charge in [0.15, 0.2) is 5.89 Å². The molecule has 19 heavy (non-hydrogen) atoms. The third-order valence-electron chi connectivity index (χ3n) is 2.91. The molecule has 0 N–H and O–H groups in total. The number of hydrogen-bond acceptors (Lipinski definition) is 3. The van der Waals surface area contributed by atoms with Gasteiger partial charge in [-0.2, -0.15) is 0 Å². The Bertz CT molecular complexity index is 546. The van der Waals surface area contributed by atoms with E-state index in [-0.39, 0.29) is 11.9 Å². The van der Waals surface area contributed by atoms with Crippen LogP contribution in [0.4, 0.5) is 0 Å². The summed E-state index contributed by atoms with van der Waals surface area (Å²) in [6.45, 7) is 6.28. The minimum Gasteiger partial charge on any atom is -0.436 e. The quantitative estimate of drug-likeness (QED) is 0.846. The molecule has 1 aromatic carbocycles. The number of carbonyl (C=O) groups is 1. The van der Waals surface area contributed by atoms with Gasteiger partial charge >= 0.3 is 0 Å². The van der Waals surface area contributed by atoms with Gasteiger partial charge < -0.3 is 9.32 Å². The normalized spacial score (nSPS) is 10.7. The molecule has 4 nitrogen and oxygen atoms in total. The minimum atomic E-state index is -0.126. The van der Waals surface area contributed by atoms with Crippen molar-refractivity contribution in [3.05, 3.63) is 53.7 Å². The average molecular weight is 258 g/mol. The van der Waals surface area contributed by atoms with E-state index in [0.717, 1.165) is 5.56 Å². The molecule has 0 bridgehead atoms. The monoisotopic (exact) mass is 258 g/mol. The van der Waals surface area contributed by atoms with Crippen LogP contribution in [0.15, 0.2) is 40.9 Å². The highest BCUT2D eigenvalue weighted by molar-refractivity contribution is 5.91. The van der Waals surface area contributed by atoms with E-state index in [9.17, 15) is 4.79 Å². The van der Waals surface area contributed by atoms with Gasteiger partial charge in [-0.25, -0.2) is 4.98 Å². The second-order valence-electron chi connectivity index (χ2n) is 4.76. The molecule has 1 heterocycles. The Morgan fingerprint density at radius 3 is 2.53 bits per heavy atom. The zero-order valence-corrected chi connectivity index (χ0v) is 11.5. The number of aromatic nitrogens is 1. The van der Waals surface area contributed by atoms with Crippen LogP contribution in [0.25, 0.3) is 0 Å². The van der Waals surface area contributed by atoms with Crippen LogP contribution < -0.4 is 0 Å². The van der Waals surface area contributed by atoms with Crippen LogP contribution in [-0.2, 0) is 6.54 Å². The standard InChI is InChI=1S/C15H18N2O2/c1-11(2)17(10-13-7-5-4-6-8-13)15(18)14-9-16-12(3)19-14/h4-9,11H,10H2,1-3H3. The zero-order chi connectivity index (χ0) is 13.8. The van der Waals surface area contributed by atoms with Crippen molar-refractivity contribution in [2.24, 2.45) is 0 Å². The highest BCUT2D eigenvalue weighted by atomic mass is 16.4. The zero-order valence-electron chi connectivity index (χ0n) is 11.5. The van der Waals surface area contributed by atoms with E-state index in [4.69, 9.17) is 4.42 Å². The van der Waals surface area contributed by atoms with Crippen molar-refractivity contribution in [3.63, 3.8) is 0 Å². The van der Waals surface area contributed by atoms with E-state index in [2.05, 4.69) is 4.98 Å². The molecule has 1 amide bonds. The fourth-order valence-corrected chi connectivity index (χ4v) is 1.87. The van der Waals surface area contributed by atoms with E-state index >= 15 is 0 Å². The number of benzene rings is 1. The Balaban J connectivity index is 2.19. The molecule has 100 valence electrons. The number of oxazole rings is 1. The summed E-state index contributed by atoms with van der Waals surface area (Å²) in [5.74, 6) is 0.674. The van der Waals surface area contributed by atoms with Crippen molar-refractivity contribution in [1.82, 2.24) is 9.88 Å². The average Bonchev–Trinajstić information content (AvgIpc) is 2.83. The van der Waals surface area contributed by atoms with E-state index in [0.29, 0.717) is 18.2 Å². The highest BCUT2D eigenvalue weighted by Crippen LogP contribution is 2.14. The van der Waals surface area contributed by atoms with Crippen molar-refractivity contribution in [2.75, 3.05) is 0 Å². The molecule has 0 radical (unpaired) electrons. The van der Waals surface area contributed by atoms with Gasteiger partial charge in [0.05, 0.1) is 6.20 Å². The van der Waals surface area contributed by atoms with Crippen LogP contribution in [0.3, 0.4) is 0 Å². The van der Waals surface area contributed by atoms with Crippen LogP contribution in [0.2, 0.25) is 0 Å². The van der Waals surface area contributed by atoms with Crippen molar-refractivity contribution < 1.29 is 9.21 Å². The van der Waals surface area contributed by atoms with E-state index in [1.807, 2.05) is 44.2 Å². The Kier molecular flexibility index (Phi) is 4.00. The predicted octanol–water partition coefficient (Wildman–Crippen LogP) is 3.03. The molecule has 0 aliphatic carbocycles. The SMILES string of the molecule is Cc1ncc(C(=O)N(Cc2ccccc2)C(C)C)o1. The Labute approximate surface area is 113 Å². The third-order valence-corrected chi connectivity index (χ3v) is 2.91. The maximum atomic E-state index is 12.4. The van der Waals surface area contributed by atoms with Crippen molar-refractivity contribution in [1.29, 1.82) is 0 Å². The van der Waals surface area contributed by atoms with Gasteiger partial charge in [-0.3, -0.25) is 4.79 Å². The lowest BCUT2D eigenvalue weighted by atomic mass is 10.2. The summed E-state index contributed by atoms with van der Waals surface area (Å²) in [4.78, 5) is 18.1. The molecular weight excluding hydrogens is 240 g/mol. The number of amides is 1. The first-order valence-electron chi connectivity index (χ1n) is 6.35. The molecule has 0 unspecified atom stereocenters. The summed E-state index contributed by atoms with van der Waals surface area (Å²) in [6.07, 6.45) is 1.48. The van der Waals surface area contributed by atoms with Crippen molar-refractivity contribution >= 4 is 5.91 Å². The van der Waals surface area contributed by atoms with Gasteiger partial charge in [0, 0.05) is 19.5 Å². The lowest BCUT2D eigenvalue weighted by Gasteiger charge is -2.25. The fourth-order valence-electron chi connectivity index (χ4n) is 1.87. The van der Waals surface area contributed by atoms with Crippen LogP contribution in [0, 0.1) is 6.92 Å². The first-order valence-corrected chi connectivity index (χ1v) is 6.35. The molecule has 0 aliphatic rings. The molecule has 2 rings (SSSR count). The number of aryl methyl sites for hydroxylation is 1. The van der Waals surface area contributed by atoms with E-state index in [1.165, 1.54) is 6.20 Å². The minimum absolute atomic E-state index is 0.0955. The highest BCUT2D eigenvalue weighted by Gasteiger charge is 2.22. The predicted molar refractivity (Wildman–Crippen MR) is 72.7 cm³/mol. The summed E-state index contributed by atoms with van der Waals surface area (Å²) in [6, 6.07) is 10.0. The van der Waals surface area contributed by atoms with Crippen molar-refractivity contribution in [3.8, 4) is 0 Å². The molecule has 2 aromatic rings. The third kappa shape index (κ3) is 3.22. The topological polar surface area (TPSA) is 46.3 Å². The maximum absolute atomic E-state index is 12.4. The molecule has 1 aromatic heterocycles. The Hall–Kier alpha value is -2.10. The van der Waals surface area contributed by atoms with Gasteiger partial charge in [-0.1, -0.05) is 30.3 Å². The number of nitrogens with zero attached hydrogens (tertiary/aromatic N) is 2. The molecule has 0 saturated carbocycles.